The monoisotopic (exact) mass is 579 g/mol. The molecule has 5 aromatic rings. The Labute approximate surface area is 242 Å². The lowest BCUT2D eigenvalue weighted by molar-refractivity contribution is -0.117. The molecular weight excluding hydrogens is 550 g/mol. The van der Waals surface area contributed by atoms with Crippen molar-refractivity contribution in [3.05, 3.63) is 72.6 Å². The van der Waals surface area contributed by atoms with Gasteiger partial charge in [0.2, 0.25) is 11.7 Å². The molecule has 0 aliphatic heterocycles. The number of carbonyl (C=O) groups excluding carboxylic acids is 1. The topological polar surface area (TPSA) is 136 Å². The molecule has 2 heterocycles. The number of fused-ring (bicyclic) bond motifs is 1. The van der Waals surface area contributed by atoms with Crippen molar-refractivity contribution in [2.24, 2.45) is 5.73 Å². The van der Waals surface area contributed by atoms with Crippen LogP contribution in [0.25, 0.3) is 27.9 Å². The summed E-state index contributed by atoms with van der Waals surface area (Å²) in [5.74, 6) is 2.12. The first-order valence-electron chi connectivity index (χ1n) is 12.4. The number of nitrogens with two attached hydrogens (primary N) is 1. The zero-order chi connectivity index (χ0) is 28.2. The van der Waals surface area contributed by atoms with Gasteiger partial charge in [-0.05, 0) is 30.3 Å². The number of nitrogens with zero attached hydrogens (tertiary/aromatic N) is 3. The Morgan fingerprint density at radius 1 is 0.951 bits per heavy atom. The van der Waals surface area contributed by atoms with E-state index < -0.39 is 6.04 Å². The predicted molar refractivity (Wildman–Crippen MR) is 157 cm³/mol. The van der Waals surface area contributed by atoms with Crippen LogP contribution in [0.3, 0.4) is 0 Å². The van der Waals surface area contributed by atoms with Gasteiger partial charge in [0.25, 0.3) is 0 Å². The van der Waals surface area contributed by atoms with Gasteiger partial charge >= 0.3 is 0 Å². The fraction of sp³-hybridized carbons (Fsp3) is 0.207. The molecular formula is C29H30ClN5O6. The van der Waals surface area contributed by atoms with Crippen molar-refractivity contribution in [3.8, 4) is 39.9 Å². The van der Waals surface area contributed by atoms with Crippen molar-refractivity contribution in [2.45, 2.75) is 12.5 Å². The highest BCUT2D eigenvalue weighted by atomic mass is 35.5. The molecule has 2 aromatic heterocycles. The molecule has 214 valence electrons. The minimum atomic E-state index is -0.847. The SMILES string of the molecule is COc1ccc(-c2cnnn2-c2cc(OC)c(OC)c(OC)c2)cc1NC(=O)C(N)Cc1cc2ccccc2o1.Cl. The van der Waals surface area contributed by atoms with Gasteiger partial charge < -0.3 is 34.4 Å². The third-order valence-electron chi connectivity index (χ3n) is 6.43. The molecule has 1 atom stereocenters. The number of nitrogens with one attached hydrogen (secondary N) is 1. The van der Waals surface area contributed by atoms with Crippen LogP contribution in [0, 0.1) is 0 Å². The van der Waals surface area contributed by atoms with Gasteiger partial charge in [0.15, 0.2) is 11.5 Å². The van der Waals surface area contributed by atoms with Crippen LogP contribution in [0.4, 0.5) is 5.69 Å². The molecule has 0 aliphatic rings. The second kappa shape index (κ2) is 12.6. The molecule has 3 aromatic carbocycles. The fourth-order valence-electron chi connectivity index (χ4n) is 4.45. The molecule has 0 fully saturated rings. The zero-order valence-corrected chi connectivity index (χ0v) is 23.7. The van der Waals surface area contributed by atoms with Gasteiger partial charge in [-0.3, -0.25) is 4.79 Å². The van der Waals surface area contributed by atoms with E-state index in [1.54, 1.807) is 49.4 Å². The van der Waals surface area contributed by atoms with Crippen LogP contribution in [0.5, 0.6) is 23.0 Å². The smallest absolute Gasteiger partial charge is 0.241 e. The molecule has 1 amide bonds. The van der Waals surface area contributed by atoms with Crippen molar-refractivity contribution in [2.75, 3.05) is 33.8 Å². The van der Waals surface area contributed by atoms with E-state index in [-0.39, 0.29) is 24.7 Å². The van der Waals surface area contributed by atoms with Gasteiger partial charge in [0, 0.05) is 29.5 Å². The number of benzene rings is 3. The number of halogens is 1. The Bertz CT molecular complexity index is 1610. The molecule has 0 saturated heterocycles. The predicted octanol–water partition coefficient (Wildman–Crippen LogP) is 4.65. The molecule has 0 spiro atoms. The Morgan fingerprint density at radius 2 is 1.66 bits per heavy atom. The average Bonchev–Trinajstić information content (AvgIpc) is 3.63. The van der Waals surface area contributed by atoms with Crippen LogP contribution in [0.1, 0.15) is 5.76 Å². The van der Waals surface area contributed by atoms with Crippen LogP contribution in [-0.4, -0.2) is 55.4 Å². The Balaban J connectivity index is 0.00000387. The number of furan rings is 1. The van der Waals surface area contributed by atoms with Crippen LogP contribution in [0.2, 0.25) is 0 Å². The highest BCUT2D eigenvalue weighted by Gasteiger charge is 2.21. The van der Waals surface area contributed by atoms with Gasteiger partial charge in [-0.1, -0.05) is 23.4 Å². The van der Waals surface area contributed by atoms with E-state index in [1.807, 2.05) is 36.4 Å². The molecule has 11 nitrogen and oxygen atoms in total. The minimum Gasteiger partial charge on any atom is -0.495 e. The van der Waals surface area contributed by atoms with Gasteiger partial charge in [-0.2, -0.15) is 0 Å². The molecule has 0 bridgehead atoms. The van der Waals surface area contributed by atoms with Crippen LogP contribution in [-0.2, 0) is 11.2 Å². The zero-order valence-electron chi connectivity index (χ0n) is 22.9. The summed E-state index contributed by atoms with van der Waals surface area (Å²) in [6.07, 6.45) is 1.85. The molecule has 0 aliphatic carbocycles. The van der Waals surface area contributed by atoms with Gasteiger partial charge in [0.05, 0.1) is 57.7 Å². The van der Waals surface area contributed by atoms with E-state index in [9.17, 15) is 4.79 Å². The third-order valence-corrected chi connectivity index (χ3v) is 6.43. The average molecular weight is 580 g/mol. The first kappa shape index (κ1) is 29.2. The maximum Gasteiger partial charge on any atom is 0.241 e. The summed E-state index contributed by atoms with van der Waals surface area (Å²) in [6, 6.07) is 17.6. The summed E-state index contributed by atoms with van der Waals surface area (Å²) < 4.78 is 29.4. The van der Waals surface area contributed by atoms with Gasteiger partial charge in [-0.15, -0.1) is 17.5 Å². The highest BCUT2D eigenvalue weighted by Crippen LogP contribution is 2.40. The normalized spacial score (nSPS) is 11.4. The van der Waals surface area contributed by atoms with Crippen molar-refractivity contribution in [3.63, 3.8) is 0 Å². The number of carbonyl (C=O) groups is 1. The third kappa shape index (κ3) is 5.91. The summed E-state index contributed by atoms with van der Waals surface area (Å²) in [4.78, 5) is 13.1. The number of para-hydroxylation sites is 1. The lowest BCUT2D eigenvalue weighted by Crippen LogP contribution is -2.37. The van der Waals surface area contributed by atoms with Crippen molar-refractivity contribution < 1.29 is 28.2 Å². The molecule has 3 N–H and O–H groups in total. The summed E-state index contributed by atoms with van der Waals surface area (Å²) >= 11 is 0. The first-order valence-corrected chi connectivity index (χ1v) is 12.4. The molecule has 12 heteroatoms. The van der Waals surface area contributed by atoms with Crippen molar-refractivity contribution in [1.82, 2.24) is 15.0 Å². The summed E-state index contributed by atoms with van der Waals surface area (Å²) in [5, 5.41) is 12.2. The van der Waals surface area contributed by atoms with Crippen LogP contribution in [0.15, 0.2) is 71.3 Å². The van der Waals surface area contributed by atoms with E-state index in [4.69, 9.17) is 29.1 Å². The highest BCUT2D eigenvalue weighted by molar-refractivity contribution is 5.97. The Kier molecular flexibility index (Phi) is 9.00. The number of hydrogen-bond donors (Lipinski definition) is 2. The Morgan fingerprint density at radius 3 is 2.32 bits per heavy atom. The summed E-state index contributed by atoms with van der Waals surface area (Å²) in [6.45, 7) is 0. The van der Waals surface area contributed by atoms with E-state index in [1.165, 1.54) is 14.2 Å². The van der Waals surface area contributed by atoms with E-state index in [0.717, 1.165) is 16.5 Å². The van der Waals surface area contributed by atoms with Gasteiger partial charge in [-0.25, -0.2) is 4.68 Å². The second-order valence-corrected chi connectivity index (χ2v) is 8.88. The number of methoxy groups -OCH3 is 4. The number of rotatable bonds is 10. The molecule has 41 heavy (non-hydrogen) atoms. The number of amides is 1. The lowest BCUT2D eigenvalue weighted by Gasteiger charge is -2.16. The number of ether oxygens (including phenoxy) is 4. The summed E-state index contributed by atoms with van der Waals surface area (Å²) in [5.41, 5.74) is 9.45. The molecule has 5 rings (SSSR count). The maximum absolute atomic E-state index is 13.1. The van der Waals surface area contributed by atoms with E-state index >= 15 is 0 Å². The summed E-state index contributed by atoms with van der Waals surface area (Å²) in [7, 11) is 6.15. The number of aromatic nitrogens is 3. The van der Waals surface area contributed by atoms with Gasteiger partial charge in [0.1, 0.15) is 17.1 Å². The molecule has 1 unspecified atom stereocenters. The second-order valence-electron chi connectivity index (χ2n) is 8.88. The molecule has 0 saturated carbocycles. The fourth-order valence-corrected chi connectivity index (χ4v) is 4.45. The quantitative estimate of drug-likeness (QED) is 0.242. The van der Waals surface area contributed by atoms with Crippen molar-refractivity contribution in [1.29, 1.82) is 0 Å². The minimum absolute atomic E-state index is 0. The van der Waals surface area contributed by atoms with Crippen LogP contribution >= 0.6 is 12.4 Å². The standard InChI is InChI=1S/C29H29N5O6.ClH/c1-36-25-10-9-17(23-16-31-33-34(23)19-13-26(37-2)28(39-4)27(14-19)38-3)12-22(25)32-29(35)21(30)15-20-11-18-7-5-6-8-24(18)40-20;/h5-14,16,21H,15,30H2,1-4H3,(H,32,35);1H. The maximum atomic E-state index is 13.1. The lowest BCUT2D eigenvalue weighted by atomic mass is 10.1. The van der Waals surface area contributed by atoms with Crippen LogP contribution < -0.4 is 30.0 Å². The largest absolute Gasteiger partial charge is 0.495 e. The first-order chi connectivity index (χ1) is 19.4. The van der Waals surface area contributed by atoms with E-state index in [2.05, 4.69) is 15.6 Å². The Hall–Kier alpha value is -4.74. The number of hydrogen-bond acceptors (Lipinski definition) is 9. The molecule has 0 radical (unpaired) electrons. The number of anilines is 1. The van der Waals surface area contributed by atoms with Crippen molar-refractivity contribution >= 4 is 35.0 Å². The van der Waals surface area contributed by atoms with E-state index in [0.29, 0.717) is 45.8 Å².